The summed E-state index contributed by atoms with van der Waals surface area (Å²) in [6.07, 6.45) is 6.19. The predicted octanol–water partition coefficient (Wildman–Crippen LogP) is 3.93. The van der Waals surface area contributed by atoms with Gasteiger partial charge in [-0.25, -0.2) is 9.59 Å². The summed E-state index contributed by atoms with van der Waals surface area (Å²) in [5.74, 6) is -3.43. The van der Waals surface area contributed by atoms with Crippen molar-refractivity contribution in [2.24, 2.45) is 0 Å². The van der Waals surface area contributed by atoms with Crippen molar-refractivity contribution < 1.29 is 29.4 Å². The normalized spacial score (nSPS) is 15.0. The molecule has 0 spiro atoms. The number of carboxylic acids is 2. The van der Waals surface area contributed by atoms with Crippen molar-refractivity contribution >= 4 is 56.4 Å². The summed E-state index contributed by atoms with van der Waals surface area (Å²) in [5.41, 5.74) is 1.79. The fraction of sp³-hybridized carbons (Fsp3) is 0.429. The van der Waals surface area contributed by atoms with Gasteiger partial charge >= 0.3 is 11.9 Å². The van der Waals surface area contributed by atoms with Crippen LogP contribution in [0.15, 0.2) is 0 Å². The molecule has 4 N–H and O–H groups in total. The molecule has 0 aliphatic heterocycles. The van der Waals surface area contributed by atoms with Crippen molar-refractivity contribution in [3.05, 3.63) is 32.0 Å². The smallest absolute Gasteiger partial charge is 0.339 e. The number of hydrogen-bond donors (Lipinski definition) is 4. The Morgan fingerprint density at radius 1 is 0.677 bits per heavy atom. The van der Waals surface area contributed by atoms with Crippen LogP contribution in [-0.4, -0.2) is 34.0 Å². The van der Waals surface area contributed by atoms with E-state index in [1.165, 1.54) is 22.7 Å². The molecular weight excluding hydrogens is 440 g/mol. The van der Waals surface area contributed by atoms with Gasteiger partial charge in [0, 0.05) is 9.75 Å². The van der Waals surface area contributed by atoms with Crippen LogP contribution in [-0.2, 0) is 35.3 Å². The Kier molecular flexibility index (Phi) is 6.10. The van der Waals surface area contributed by atoms with Crippen LogP contribution < -0.4 is 10.6 Å². The number of carboxylic acid groups (broad SMARTS) is 2. The second kappa shape index (κ2) is 8.80. The molecule has 2 aromatic rings. The number of hydrogen-bond acceptors (Lipinski definition) is 6. The topological polar surface area (TPSA) is 133 Å². The molecule has 8 nitrogen and oxygen atoms in total. The average molecular weight is 463 g/mol. The molecule has 2 amide bonds. The molecule has 0 radical (unpaired) electrons. The zero-order chi connectivity index (χ0) is 22.1. The van der Waals surface area contributed by atoms with Crippen molar-refractivity contribution in [2.45, 2.75) is 57.8 Å². The van der Waals surface area contributed by atoms with E-state index in [1.807, 2.05) is 0 Å². The van der Waals surface area contributed by atoms with Crippen LogP contribution in [0.3, 0.4) is 0 Å². The molecule has 0 bridgehead atoms. The molecular formula is C21H22N2O6S2. The molecule has 0 saturated carbocycles. The highest BCUT2D eigenvalue weighted by Gasteiger charge is 2.28. The van der Waals surface area contributed by atoms with Crippen LogP contribution in [0, 0.1) is 0 Å². The van der Waals surface area contributed by atoms with Crippen LogP contribution >= 0.6 is 22.7 Å². The molecule has 2 aromatic heterocycles. The lowest BCUT2D eigenvalue weighted by molar-refractivity contribution is -0.123. The van der Waals surface area contributed by atoms with E-state index < -0.39 is 30.2 Å². The molecule has 0 fully saturated rings. The third-order valence-corrected chi connectivity index (χ3v) is 8.01. The third kappa shape index (κ3) is 4.35. The van der Waals surface area contributed by atoms with E-state index >= 15 is 0 Å². The first-order valence-electron chi connectivity index (χ1n) is 10.2. The van der Waals surface area contributed by atoms with Gasteiger partial charge in [-0.2, -0.15) is 0 Å². The predicted molar refractivity (Wildman–Crippen MR) is 118 cm³/mol. The second-order valence-electron chi connectivity index (χ2n) is 7.71. The van der Waals surface area contributed by atoms with E-state index in [4.69, 9.17) is 0 Å². The molecule has 2 aliphatic carbocycles. The Labute approximate surface area is 186 Å². The maximum Gasteiger partial charge on any atom is 0.339 e. The third-order valence-electron chi connectivity index (χ3n) is 5.60. The number of aromatic carboxylic acids is 2. The van der Waals surface area contributed by atoms with E-state index in [0.29, 0.717) is 12.8 Å². The van der Waals surface area contributed by atoms with Crippen LogP contribution in [0.4, 0.5) is 10.0 Å². The Morgan fingerprint density at radius 3 is 1.45 bits per heavy atom. The number of nitrogens with one attached hydrogen (secondary N) is 2. The number of fused-ring (bicyclic) bond motifs is 2. The lowest BCUT2D eigenvalue weighted by Crippen LogP contribution is -2.22. The van der Waals surface area contributed by atoms with Crippen molar-refractivity contribution in [1.82, 2.24) is 0 Å². The maximum absolute atomic E-state index is 12.4. The first-order chi connectivity index (χ1) is 14.8. The molecule has 0 atom stereocenters. The lowest BCUT2D eigenvalue weighted by Gasteiger charge is -2.11. The van der Waals surface area contributed by atoms with Gasteiger partial charge in [0.15, 0.2) is 0 Å². The van der Waals surface area contributed by atoms with Gasteiger partial charge in [0.05, 0.1) is 11.1 Å². The first kappa shape index (κ1) is 21.5. The van der Waals surface area contributed by atoms with Crippen molar-refractivity contribution in [1.29, 1.82) is 0 Å². The maximum atomic E-state index is 12.4. The van der Waals surface area contributed by atoms with Gasteiger partial charge in [0.1, 0.15) is 16.4 Å². The van der Waals surface area contributed by atoms with Crippen LogP contribution in [0.25, 0.3) is 0 Å². The highest BCUT2D eigenvalue weighted by atomic mass is 32.1. The first-order valence-corrected chi connectivity index (χ1v) is 11.8. The SMILES string of the molecule is O=C(CC(=O)Nc1sc2c(c1C(=O)O)CCCC2)Nc1sc2c(c1C(=O)O)CCCC2. The molecule has 0 aromatic carbocycles. The monoisotopic (exact) mass is 462 g/mol. The van der Waals surface area contributed by atoms with Crippen LogP contribution in [0.1, 0.15) is 73.7 Å². The van der Waals surface area contributed by atoms with Crippen molar-refractivity contribution in [2.75, 3.05) is 10.6 Å². The molecule has 0 unspecified atom stereocenters. The van der Waals surface area contributed by atoms with E-state index in [1.54, 1.807) is 0 Å². The van der Waals surface area contributed by atoms with Crippen LogP contribution in [0.2, 0.25) is 0 Å². The van der Waals surface area contributed by atoms with Gasteiger partial charge in [-0.15, -0.1) is 22.7 Å². The summed E-state index contributed by atoms with van der Waals surface area (Å²) in [4.78, 5) is 50.3. The minimum Gasteiger partial charge on any atom is -0.478 e. The van der Waals surface area contributed by atoms with E-state index in [0.717, 1.165) is 59.4 Å². The lowest BCUT2D eigenvalue weighted by atomic mass is 9.95. The quantitative estimate of drug-likeness (QED) is 0.481. The summed E-state index contributed by atoms with van der Waals surface area (Å²) in [5, 5.41) is 24.8. The Balaban J connectivity index is 1.46. The molecule has 4 rings (SSSR count). The van der Waals surface area contributed by atoms with Gasteiger partial charge in [0.25, 0.3) is 0 Å². The number of anilines is 2. The van der Waals surface area contributed by atoms with E-state index in [2.05, 4.69) is 10.6 Å². The van der Waals surface area contributed by atoms with Gasteiger partial charge in [0.2, 0.25) is 11.8 Å². The largest absolute Gasteiger partial charge is 0.478 e. The van der Waals surface area contributed by atoms with Gasteiger partial charge < -0.3 is 20.8 Å². The standard InChI is InChI=1S/C21H22N2O6S2/c24-14(22-18-16(20(26)27)10-5-1-3-7-12(10)30-18)9-15(25)23-19-17(21(28)29)11-6-2-4-8-13(11)31-19/h1-9H2,(H,22,24)(H,23,25)(H,26,27)(H,28,29). The van der Waals surface area contributed by atoms with E-state index in [-0.39, 0.29) is 21.1 Å². The molecule has 2 aliphatic rings. The molecule has 10 heteroatoms. The van der Waals surface area contributed by atoms with Crippen LogP contribution in [0.5, 0.6) is 0 Å². The summed E-state index contributed by atoms with van der Waals surface area (Å²) in [6.45, 7) is 0. The highest BCUT2D eigenvalue weighted by molar-refractivity contribution is 7.17. The summed E-state index contributed by atoms with van der Waals surface area (Å²) in [6, 6.07) is 0. The minimum atomic E-state index is -1.09. The number of rotatable bonds is 6. The molecule has 31 heavy (non-hydrogen) atoms. The number of thiophene rings is 2. The summed E-state index contributed by atoms with van der Waals surface area (Å²) >= 11 is 2.51. The average Bonchev–Trinajstić information content (AvgIpc) is 3.24. The zero-order valence-corrected chi connectivity index (χ0v) is 18.3. The Bertz CT molecular complexity index is 1000. The number of amides is 2. The second-order valence-corrected chi connectivity index (χ2v) is 9.92. The fourth-order valence-corrected chi connectivity index (χ4v) is 6.84. The highest BCUT2D eigenvalue weighted by Crippen LogP contribution is 2.39. The van der Waals surface area contributed by atoms with Gasteiger partial charge in [-0.05, 0) is 62.5 Å². The number of carbonyl (C=O) groups excluding carboxylic acids is 2. The van der Waals surface area contributed by atoms with Crippen molar-refractivity contribution in [3.8, 4) is 0 Å². The Morgan fingerprint density at radius 2 is 1.06 bits per heavy atom. The molecule has 164 valence electrons. The Hall–Kier alpha value is -2.72. The van der Waals surface area contributed by atoms with E-state index in [9.17, 15) is 29.4 Å². The minimum absolute atomic E-state index is 0.118. The fourth-order valence-electron chi connectivity index (χ4n) is 4.25. The number of carbonyl (C=O) groups is 4. The zero-order valence-electron chi connectivity index (χ0n) is 16.7. The summed E-state index contributed by atoms with van der Waals surface area (Å²) in [7, 11) is 0. The molecule has 2 heterocycles. The van der Waals surface area contributed by atoms with Gasteiger partial charge in [-0.1, -0.05) is 0 Å². The number of aryl methyl sites for hydroxylation is 2. The summed E-state index contributed by atoms with van der Waals surface area (Å²) < 4.78 is 0. The van der Waals surface area contributed by atoms with Crippen molar-refractivity contribution in [3.63, 3.8) is 0 Å². The molecule has 0 saturated heterocycles. The van der Waals surface area contributed by atoms with Gasteiger partial charge in [-0.3, -0.25) is 9.59 Å².